The van der Waals surface area contributed by atoms with Crippen LogP contribution >= 0.6 is 23.2 Å². The molecule has 0 atom stereocenters. The minimum absolute atomic E-state index is 0.258. The number of rotatable bonds is 2. The van der Waals surface area contributed by atoms with Crippen molar-refractivity contribution >= 4 is 34.4 Å². The molecule has 0 N–H and O–H groups in total. The summed E-state index contributed by atoms with van der Waals surface area (Å²) in [6.07, 6.45) is 1.57. The van der Waals surface area contributed by atoms with E-state index in [-0.39, 0.29) is 5.88 Å². The van der Waals surface area contributed by atoms with Crippen LogP contribution in [0.2, 0.25) is 5.02 Å². The summed E-state index contributed by atoms with van der Waals surface area (Å²) in [6.45, 7) is 0. The lowest BCUT2D eigenvalue weighted by Gasteiger charge is -2.06. The molecule has 0 unspecified atom stereocenters. The molecular formula is C14H8Cl2N4. The van der Waals surface area contributed by atoms with Crippen LogP contribution in [0.4, 0.5) is 0 Å². The monoisotopic (exact) mass is 302 g/mol. The maximum atomic E-state index is 8.84. The number of nitrogens with zero attached hydrogens (tertiary/aromatic N) is 4. The number of pyridine rings is 1. The Kier molecular flexibility index (Phi) is 3.31. The molecule has 4 nitrogen and oxygen atoms in total. The molecule has 20 heavy (non-hydrogen) atoms. The van der Waals surface area contributed by atoms with Crippen LogP contribution in [0.1, 0.15) is 11.4 Å². The van der Waals surface area contributed by atoms with Crippen LogP contribution < -0.4 is 0 Å². The molecule has 6 heteroatoms. The Labute approximate surface area is 125 Å². The molecule has 98 valence electrons. The minimum atomic E-state index is 0.258. The van der Waals surface area contributed by atoms with Gasteiger partial charge in [0, 0.05) is 11.9 Å². The van der Waals surface area contributed by atoms with Gasteiger partial charge in [-0.3, -0.25) is 4.57 Å². The molecule has 0 bridgehead atoms. The van der Waals surface area contributed by atoms with Crippen LogP contribution in [-0.2, 0) is 5.88 Å². The molecule has 3 rings (SSSR count). The van der Waals surface area contributed by atoms with Gasteiger partial charge in [-0.25, -0.2) is 9.97 Å². The van der Waals surface area contributed by atoms with Gasteiger partial charge in [-0.15, -0.1) is 11.6 Å². The predicted octanol–water partition coefficient (Wildman–Crippen LogP) is 3.68. The fourth-order valence-corrected chi connectivity index (χ4v) is 2.36. The van der Waals surface area contributed by atoms with Gasteiger partial charge in [0.2, 0.25) is 0 Å². The zero-order valence-electron chi connectivity index (χ0n) is 10.2. The highest BCUT2D eigenvalue weighted by atomic mass is 35.5. The first-order chi connectivity index (χ1) is 9.72. The molecule has 0 saturated heterocycles. The highest BCUT2D eigenvalue weighted by Crippen LogP contribution is 2.23. The quantitative estimate of drug-likeness (QED) is 0.678. The molecule has 2 aromatic heterocycles. The average Bonchev–Trinajstić information content (AvgIpc) is 2.84. The normalized spacial score (nSPS) is 10.7. The van der Waals surface area contributed by atoms with E-state index in [2.05, 4.69) is 16.0 Å². The number of imidazole rings is 1. The van der Waals surface area contributed by atoms with Crippen molar-refractivity contribution in [2.75, 3.05) is 0 Å². The van der Waals surface area contributed by atoms with Crippen molar-refractivity contribution in [3.05, 3.63) is 52.9 Å². The summed E-state index contributed by atoms with van der Waals surface area (Å²) >= 11 is 11.9. The van der Waals surface area contributed by atoms with E-state index in [0.717, 1.165) is 5.69 Å². The molecular weight excluding hydrogens is 295 g/mol. The van der Waals surface area contributed by atoms with E-state index in [0.29, 0.717) is 27.6 Å². The van der Waals surface area contributed by atoms with Crippen molar-refractivity contribution in [3.63, 3.8) is 0 Å². The van der Waals surface area contributed by atoms with Crippen molar-refractivity contribution in [1.29, 1.82) is 5.26 Å². The van der Waals surface area contributed by atoms with Gasteiger partial charge in [-0.2, -0.15) is 5.26 Å². The average molecular weight is 303 g/mol. The fraction of sp³-hybridized carbons (Fsp3) is 0.0714. The zero-order valence-corrected chi connectivity index (χ0v) is 11.7. The number of alkyl halides is 1. The number of benzene rings is 1. The first-order valence-corrected chi connectivity index (χ1v) is 6.73. The van der Waals surface area contributed by atoms with Crippen LogP contribution in [-0.4, -0.2) is 14.5 Å². The van der Waals surface area contributed by atoms with Gasteiger partial charge < -0.3 is 0 Å². The number of aromatic nitrogens is 3. The smallest absolute Gasteiger partial charge is 0.164 e. The second-order valence-electron chi connectivity index (χ2n) is 4.15. The summed E-state index contributed by atoms with van der Waals surface area (Å²) in [5.41, 5.74) is 2.84. The first kappa shape index (κ1) is 12.9. The van der Waals surface area contributed by atoms with E-state index in [1.165, 1.54) is 0 Å². The Hall–Kier alpha value is -2.09. The van der Waals surface area contributed by atoms with Gasteiger partial charge in [0.05, 0.1) is 22.5 Å². The summed E-state index contributed by atoms with van der Waals surface area (Å²) in [6, 6.07) is 11.0. The van der Waals surface area contributed by atoms with Crippen LogP contribution in [0.3, 0.4) is 0 Å². The summed E-state index contributed by atoms with van der Waals surface area (Å²) in [7, 11) is 0. The number of hydrogen-bond donors (Lipinski definition) is 0. The summed E-state index contributed by atoms with van der Waals surface area (Å²) in [5.74, 6) is 0.940. The Balaban J connectivity index is 2.25. The molecule has 0 fully saturated rings. The third-order valence-corrected chi connectivity index (χ3v) is 3.35. The van der Waals surface area contributed by atoms with Gasteiger partial charge in [-0.1, -0.05) is 11.6 Å². The third kappa shape index (κ3) is 2.11. The highest BCUT2D eigenvalue weighted by Gasteiger charge is 2.13. The summed E-state index contributed by atoms with van der Waals surface area (Å²) in [4.78, 5) is 8.74. The molecule has 0 amide bonds. The van der Waals surface area contributed by atoms with E-state index in [9.17, 15) is 0 Å². The fourth-order valence-electron chi connectivity index (χ4n) is 2.03. The lowest BCUT2D eigenvalue weighted by molar-refractivity contribution is 0.969. The Bertz CT molecular complexity index is 816. The molecule has 1 aromatic carbocycles. The third-order valence-electron chi connectivity index (χ3n) is 2.91. The van der Waals surface area contributed by atoms with Crippen LogP contribution in [0.15, 0.2) is 36.5 Å². The molecule has 0 saturated carbocycles. The number of hydrogen-bond acceptors (Lipinski definition) is 3. The highest BCUT2D eigenvalue weighted by molar-refractivity contribution is 6.31. The largest absolute Gasteiger partial charge is 0.280 e. The van der Waals surface area contributed by atoms with Crippen LogP contribution in [0, 0.1) is 11.3 Å². The lowest BCUT2D eigenvalue weighted by Crippen LogP contribution is -2.00. The predicted molar refractivity (Wildman–Crippen MR) is 78.1 cm³/mol. The Morgan fingerprint density at radius 2 is 2.00 bits per heavy atom. The maximum Gasteiger partial charge on any atom is 0.164 e. The van der Waals surface area contributed by atoms with Gasteiger partial charge in [0.25, 0.3) is 0 Å². The molecule has 3 aromatic rings. The van der Waals surface area contributed by atoms with Gasteiger partial charge in [0.15, 0.2) is 5.65 Å². The van der Waals surface area contributed by atoms with E-state index in [4.69, 9.17) is 28.5 Å². The molecule has 0 radical (unpaired) electrons. The SMILES string of the molecule is N#Cc1ccc(-n2c(CCl)nc3cc(Cl)cnc32)cc1. The molecule has 0 aliphatic rings. The second-order valence-corrected chi connectivity index (χ2v) is 4.86. The zero-order chi connectivity index (χ0) is 14.1. The Morgan fingerprint density at radius 3 is 2.65 bits per heavy atom. The van der Waals surface area contributed by atoms with Crippen LogP contribution in [0.5, 0.6) is 0 Å². The first-order valence-electron chi connectivity index (χ1n) is 5.82. The number of fused-ring (bicyclic) bond motifs is 1. The van der Waals surface area contributed by atoms with Gasteiger partial charge in [0.1, 0.15) is 11.3 Å². The van der Waals surface area contributed by atoms with Crippen molar-refractivity contribution in [1.82, 2.24) is 14.5 Å². The van der Waals surface area contributed by atoms with Crippen molar-refractivity contribution in [2.45, 2.75) is 5.88 Å². The van der Waals surface area contributed by atoms with E-state index in [1.807, 2.05) is 16.7 Å². The molecule has 0 aliphatic heterocycles. The van der Waals surface area contributed by atoms with Crippen LogP contribution in [0.25, 0.3) is 16.9 Å². The van der Waals surface area contributed by atoms with Gasteiger partial charge in [-0.05, 0) is 30.3 Å². The standard InChI is InChI=1S/C14H8Cl2N4/c15-6-13-19-12-5-10(16)8-18-14(12)20(13)11-3-1-9(7-17)2-4-11/h1-5,8H,6H2. The molecule has 0 spiro atoms. The van der Waals surface area contributed by atoms with Crippen molar-refractivity contribution < 1.29 is 0 Å². The topological polar surface area (TPSA) is 54.5 Å². The minimum Gasteiger partial charge on any atom is -0.280 e. The number of halogens is 2. The van der Waals surface area contributed by atoms with Gasteiger partial charge >= 0.3 is 0 Å². The van der Waals surface area contributed by atoms with E-state index >= 15 is 0 Å². The number of nitriles is 1. The summed E-state index contributed by atoms with van der Waals surface area (Å²) < 4.78 is 1.86. The summed E-state index contributed by atoms with van der Waals surface area (Å²) in [5, 5.41) is 9.38. The van der Waals surface area contributed by atoms with E-state index in [1.54, 1.807) is 24.4 Å². The lowest BCUT2D eigenvalue weighted by atomic mass is 10.2. The van der Waals surface area contributed by atoms with Crippen molar-refractivity contribution in [3.8, 4) is 11.8 Å². The molecule has 0 aliphatic carbocycles. The maximum absolute atomic E-state index is 8.84. The Morgan fingerprint density at radius 1 is 1.25 bits per heavy atom. The molecule has 2 heterocycles. The van der Waals surface area contributed by atoms with Crippen molar-refractivity contribution in [2.24, 2.45) is 0 Å². The van der Waals surface area contributed by atoms with E-state index < -0.39 is 0 Å². The second kappa shape index (κ2) is 5.12.